The van der Waals surface area contributed by atoms with Gasteiger partial charge in [0.25, 0.3) is 5.91 Å². The summed E-state index contributed by atoms with van der Waals surface area (Å²) < 4.78 is 0. The Morgan fingerprint density at radius 2 is 1.19 bits per heavy atom. The predicted octanol–water partition coefficient (Wildman–Crippen LogP) is 5.83. The van der Waals surface area contributed by atoms with E-state index in [1.165, 1.54) is 5.56 Å². The Morgan fingerprint density at radius 3 is 1.70 bits per heavy atom. The molecule has 0 aliphatic rings. The van der Waals surface area contributed by atoms with Gasteiger partial charge in [-0.2, -0.15) is 0 Å². The van der Waals surface area contributed by atoms with E-state index in [-0.39, 0.29) is 11.3 Å². The molecule has 0 heterocycles. The second kappa shape index (κ2) is 8.22. The molecule has 0 saturated heterocycles. The first-order valence-corrected chi connectivity index (χ1v) is 9.41. The Kier molecular flexibility index (Phi) is 5.75. The summed E-state index contributed by atoms with van der Waals surface area (Å²) in [6.45, 7) is 7.82. The number of hydrogen-bond acceptors (Lipinski definition) is 1. The van der Waals surface area contributed by atoms with Gasteiger partial charge >= 0.3 is 0 Å². The van der Waals surface area contributed by atoms with Crippen LogP contribution in [0.15, 0.2) is 84.9 Å². The molecule has 1 amide bonds. The molecule has 0 aliphatic heterocycles. The van der Waals surface area contributed by atoms with Crippen LogP contribution in [-0.4, -0.2) is 10.8 Å². The number of nitrogens with zero attached hydrogens (tertiary/aromatic N) is 1. The first-order valence-electron chi connectivity index (χ1n) is 9.41. The van der Waals surface area contributed by atoms with E-state index in [1.807, 2.05) is 53.4 Å². The minimum absolute atomic E-state index is 0.0550. The van der Waals surface area contributed by atoms with Crippen molar-refractivity contribution in [3.8, 4) is 0 Å². The van der Waals surface area contributed by atoms with Crippen molar-refractivity contribution in [2.45, 2.75) is 39.3 Å². The van der Waals surface area contributed by atoms with Crippen LogP contribution in [0.4, 0.5) is 0 Å². The Hall–Kier alpha value is -2.87. The third-order valence-electron chi connectivity index (χ3n) is 4.72. The van der Waals surface area contributed by atoms with Crippen molar-refractivity contribution in [3.05, 3.63) is 107 Å². The lowest BCUT2D eigenvalue weighted by atomic mass is 9.87. The Morgan fingerprint density at radius 1 is 0.704 bits per heavy atom. The molecule has 27 heavy (non-hydrogen) atoms. The lowest BCUT2D eigenvalue weighted by molar-refractivity contribution is 0.0730. The van der Waals surface area contributed by atoms with Gasteiger partial charge in [0.1, 0.15) is 0 Å². The summed E-state index contributed by atoms with van der Waals surface area (Å²) in [7, 11) is 0. The van der Waals surface area contributed by atoms with Crippen LogP contribution in [0.2, 0.25) is 0 Å². The Bertz CT molecular complexity index is 862. The third kappa shape index (κ3) is 5.07. The third-order valence-corrected chi connectivity index (χ3v) is 4.72. The van der Waals surface area contributed by atoms with Crippen LogP contribution in [0.3, 0.4) is 0 Å². The summed E-state index contributed by atoms with van der Waals surface area (Å²) in [5.41, 5.74) is 4.42. The minimum atomic E-state index is 0.0550. The van der Waals surface area contributed by atoms with Crippen LogP contribution in [0.1, 0.15) is 47.8 Å². The molecular weight excluding hydrogens is 330 g/mol. The number of rotatable bonds is 5. The maximum absolute atomic E-state index is 13.1. The van der Waals surface area contributed by atoms with Gasteiger partial charge in [-0.3, -0.25) is 4.79 Å². The highest BCUT2D eigenvalue weighted by Gasteiger charge is 2.18. The highest BCUT2D eigenvalue weighted by atomic mass is 16.2. The number of amides is 1. The quantitative estimate of drug-likeness (QED) is 0.563. The molecule has 0 fully saturated rings. The van der Waals surface area contributed by atoms with Crippen molar-refractivity contribution in [2.24, 2.45) is 0 Å². The summed E-state index contributed by atoms with van der Waals surface area (Å²) in [5.74, 6) is 0.0550. The molecule has 3 aromatic carbocycles. The van der Waals surface area contributed by atoms with Crippen LogP contribution in [0.25, 0.3) is 0 Å². The normalized spacial score (nSPS) is 11.2. The van der Waals surface area contributed by atoms with Crippen LogP contribution in [-0.2, 0) is 18.5 Å². The molecule has 2 nitrogen and oxygen atoms in total. The van der Waals surface area contributed by atoms with Crippen molar-refractivity contribution in [1.29, 1.82) is 0 Å². The fourth-order valence-electron chi connectivity index (χ4n) is 3.10. The molecule has 3 aromatic rings. The molecule has 0 N–H and O–H groups in total. The van der Waals surface area contributed by atoms with E-state index in [0.717, 1.165) is 16.7 Å². The van der Waals surface area contributed by atoms with E-state index in [0.29, 0.717) is 13.1 Å². The van der Waals surface area contributed by atoms with Crippen LogP contribution < -0.4 is 0 Å². The first-order chi connectivity index (χ1) is 12.9. The largest absolute Gasteiger partial charge is 0.330 e. The number of hydrogen-bond donors (Lipinski definition) is 0. The molecule has 2 heteroatoms. The molecule has 0 unspecified atom stereocenters. The van der Waals surface area contributed by atoms with Crippen LogP contribution in [0, 0.1) is 0 Å². The lowest BCUT2D eigenvalue weighted by Gasteiger charge is -2.24. The molecule has 0 aromatic heterocycles. The summed E-state index contributed by atoms with van der Waals surface area (Å²) in [6, 6.07) is 28.3. The second-order valence-electron chi connectivity index (χ2n) is 7.96. The predicted molar refractivity (Wildman–Crippen MR) is 112 cm³/mol. The molecule has 0 spiro atoms. The van der Waals surface area contributed by atoms with E-state index in [9.17, 15) is 4.79 Å². The summed E-state index contributed by atoms with van der Waals surface area (Å²) in [5, 5.41) is 0. The monoisotopic (exact) mass is 357 g/mol. The number of carbonyl (C=O) groups is 1. The SMILES string of the molecule is CC(C)(C)c1ccc(CN(Cc2ccccc2)C(=O)c2ccccc2)cc1. The van der Waals surface area contributed by atoms with Gasteiger partial charge in [0, 0.05) is 18.7 Å². The summed E-state index contributed by atoms with van der Waals surface area (Å²) >= 11 is 0. The van der Waals surface area contributed by atoms with Gasteiger partial charge in [-0.25, -0.2) is 0 Å². The molecule has 138 valence electrons. The van der Waals surface area contributed by atoms with Crippen molar-refractivity contribution >= 4 is 5.91 Å². The zero-order valence-electron chi connectivity index (χ0n) is 16.4. The lowest BCUT2D eigenvalue weighted by Crippen LogP contribution is -2.30. The van der Waals surface area contributed by atoms with Gasteiger partial charge in [0.15, 0.2) is 0 Å². The smallest absolute Gasteiger partial charge is 0.254 e. The van der Waals surface area contributed by atoms with E-state index in [2.05, 4.69) is 57.2 Å². The summed E-state index contributed by atoms with van der Waals surface area (Å²) in [6.07, 6.45) is 0. The Labute approximate surface area is 162 Å². The summed E-state index contributed by atoms with van der Waals surface area (Å²) in [4.78, 5) is 15.0. The molecule has 0 bridgehead atoms. The maximum atomic E-state index is 13.1. The average Bonchev–Trinajstić information content (AvgIpc) is 2.68. The van der Waals surface area contributed by atoms with E-state index in [1.54, 1.807) is 0 Å². The second-order valence-corrected chi connectivity index (χ2v) is 7.96. The average molecular weight is 357 g/mol. The van der Waals surface area contributed by atoms with Crippen LogP contribution >= 0.6 is 0 Å². The van der Waals surface area contributed by atoms with E-state index >= 15 is 0 Å². The van der Waals surface area contributed by atoms with Gasteiger partial charge in [-0.15, -0.1) is 0 Å². The van der Waals surface area contributed by atoms with Crippen molar-refractivity contribution in [3.63, 3.8) is 0 Å². The minimum Gasteiger partial charge on any atom is -0.330 e. The molecule has 0 aliphatic carbocycles. The van der Waals surface area contributed by atoms with Gasteiger partial charge in [0.2, 0.25) is 0 Å². The van der Waals surface area contributed by atoms with E-state index < -0.39 is 0 Å². The van der Waals surface area contributed by atoms with Gasteiger partial charge < -0.3 is 4.90 Å². The first kappa shape index (κ1) is 18.9. The van der Waals surface area contributed by atoms with Gasteiger partial charge in [-0.05, 0) is 34.2 Å². The molecule has 0 saturated carbocycles. The fraction of sp³-hybridized carbons (Fsp3) is 0.240. The molecule has 0 atom stereocenters. The molecular formula is C25H27NO. The van der Waals surface area contributed by atoms with Gasteiger partial charge in [0.05, 0.1) is 0 Å². The van der Waals surface area contributed by atoms with E-state index in [4.69, 9.17) is 0 Å². The van der Waals surface area contributed by atoms with Crippen molar-refractivity contribution < 1.29 is 4.79 Å². The number of benzene rings is 3. The standard InChI is InChI=1S/C25H27NO/c1-25(2,3)23-16-14-21(15-17-23)19-26(18-20-10-6-4-7-11-20)24(27)22-12-8-5-9-13-22/h4-17H,18-19H2,1-3H3. The molecule has 3 rings (SSSR count). The van der Waals surface area contributed by atoms with Crippen molar-refractivity contribution in [2.75, 3.05) is 0 Å². The van der Waals surface area contributed by atoms with Crippen molar-refractivity contribution in [1.82, 2.24) is 4.90 Å². The zero-order chi connectivity index (χ0) is 19.3. The van der Waals surface area contributed by atoms with Crippen LogP contribution in [0.5, 0.6) is 0 Å². The maximum Gasteiger partial charge on any atom is 0.254 e. The highest BCUT2D eigenvalue weighted by molar-refractivity contribution is 5.94. The zero-order valence-corrected chi connectivity index (χ0v) is 16.4. The van der Waals surface area contributed by atoms with Gasteiger partial charge in [-0.1, -0.05) is 93.6 Å². The number of carbonyl (C=O) groups excluding carboxylic acids is 1. The highest BCUT2D eigenvalue weighted by Crippen LogP contribution is 2.23. The molecule has 0 radical (unpaired) electrons. The fourth-order valence-corrected chi connectivity index (χ4v) is 3.10. The topological polar surface area (TPSA) is 20.3 Å². The Balaban J connectivity index is 1.84.